The molecule has 0 saturated carbocycles. The van der Waals surface area contributed by atoms with E-state index >= 15 is 0 Å². The maximum Gasteiger partial charge on any atom is 0.224 e. The van der Waals surface area contributed by atoms with E-state index in [2.05, 4.69) is 12.2 Å². The summed E-state index contributed by atoms with van der Waals surface area (Å²) in [7, 11) is 0. The van der Waals surface area contributed by atoms with Gasteiger partial charge in [-0.15, -0.1) is 0 Å². The quantitative estimate of drug-likeness (QED) is 0.886. The zero-order chi connectivity index (χ0) is 12.8. The van der Waals surface area contributed by atoms with E-state index in [4.69, 9.17) is 4.74 Å². The summed E-state index contributed by atoms with van der Waals surface area (Å²) >= 11 is 0. The molecular weight excluding hydrogens is 226 g/mol. The van der Waals surface area contributed by atoms with Gasteiger partial charge in [-0.05, 0) is 24.8 Å². The second-order valence-corrected chi connectivity index (χ2v) is 4.85. The molecule has 1 fully saturated rings. The van der Waals surface area contributed by atoms with Crippen LogP contribution in [0.25, 0.3) is 0 Å². The molecule has 0 radical (unpaired) electrons. The Kier molecular flexibility index (Phi) is 4.76. The average molecular weight is 247 g/mol. The molecule has 0 bridgehead atoms. The number of rotatable bonds is 4. The number of ether oxygens (including phenoxy) is 1. The topological polar surface area (TPSA) is 38.3 Å². The first kappa shape index (κ1) is 13.1. The third kappa shape index (κ3) is 3.84. The zero-order valence-corrected chi connectivity index (χ0v) is 10.9. The van der Waals surface area contributed by atoms with E-state index in [1.807, 2.05) is 30.3 Å². The van der Waals surface area contributed by atoms with E-state index in [9.17, 15) is 4.79 Å². The molecule has 1 aromatic rings. The fourth-order valence-corrected chi connectivity index (χ4v) is 2.36. The predicted molar refractivity (Wildman–Crippen MR) is 71.3 cm³/mol. The first-order valence-electron chi connectivity index (χ1n) is 6.73. The molecule has 1 aromatic carbocycles. The van der Waals surface area contributed by atoms with Gasteiger partial charge in [-0.2, -0.15) is 0 Å². The molecule has 1 aliphatic rings. The summed E-state index contributed by atoms with van der Waals surface area (Å²) < 4.78 is 5.61. The van der Waals surface area contributed by atoms with Crippen molar-refractivity contribution in [1.29, 1.82) is 0 Å². The van der Waals surface area contributed by atoms with Crippen molar-refractivity contribution in [2.45, 2.75) is 44.8 Å². The summed E-state index contributed by atoms with van der Waals surface area (Å²) in [6.45, 7) is 2.88. The van der Waals surface area contributed by atoms with Crippen LogP contribution in [0.4, 0.5) is 0 Å². The number of benzene rings is 1. The number of carbonyl (C=O) groups excluding carboxylic acids is 1. The minimum absolute atomic E-state index is 0.114. The number of hydrogen-bond donors (Lipinski definition) is 1. The number of carbonyl (C=O) groups is 1. The number of hydrogen-bond acceptors (Lipinski definition) is 2. The minimum Gasteiger partial charge on any atom is -0.378 e. The lowest BCUT2D eigenvalue weighted by molar-refractivity contribution is -0.122. The Morgan fingerprint density at radius 3 is 2.89 bits per heavy atom. The van der Waals surface area contributed by atoms with Crippen LogP contribution in [0.1, 0.15) is 31.7 Å². The minimum atomic E-state index is 0.114. The van der Waals surface area contributed by atoms with Crippen molar-refractivity contribution in [3.05, 3.63) is 35.9 Å². The molecule has 98 valence electrons. The SMILES string of the molecule is CCC1CC(NC(=O)Cc2ccccc2)CCO1. The first-order chi connectivity index (χ1) is 8.78. The summed E-state index contributed by atoms with van der Waals surface area (Å²) in [6.07, 6.45) is 3.66. The van der Waals surface area contributed by atoms with Crippen molar-refractivity contribution in [3.8, 4) is 0 Å². The maximum atomic E-state index is 11.9. The third-order valence-corrected chi connectivity index (χ3v) is 3.40. The van der Waals surface area contributed by atoms with Crippen LogP contribution >= 0.6 is 0 Å². The molecule has 1 aliphatic heterocycles. The molecular formula is C15H21NO2. The molecule has 2 unspecified atom stereocenters. The van der Waals surface area contributed by atoms with Gasteiger partial charge in [-0.3, -0.25) is 4.79 Å². The molecule has 1 N–H and O–H groups in total. The smallest absolute Gasteiger partial charge is 0.224 e. The van der Waals surface area contributed by atoms with Crippen LogP contribution in [0, 0.1) is 0 Å². The summed E-state index contributed by atoms with van der Waals surface area (Å²) in [6, 6.07) is 10.1. The van der Waals surface area contributed by atoms with Gasteiger partial charge in [0.1, 0.15) is 0 Å². The standard InChI is InChI=1S/C15H21NO2/c1-2-14-11-13(8-9-18-14)16-15(17)10-12-6-4-3-5-7-12/h3-7,13-14H,2,8-11H2,1H3,(H,16,17). The predicted octanol–water partition coefficient (Wildman–Crippen LogP) is 2.30. The molecule has 1 amide bonds. The van der Waals surface area contributed by atoms with Crippen LogP contribution in [0.3, 0.4) is 0 Å². The van der Waals surface area contributed by atoms with Gasteiger partial charge < -0.3 is 10.1 Å². The van der Waals surface area contributed by atoms with Gasteiger partial charge in [0.25, 0.3) is 0 Å². The Morgan fingerprint density at radius 2 is 2.17 bits per heavy atom. The van der Waals surface area contributed by atoms with Crippen molar-refractivity contribution in [1.82, 2.24) is 5.32 Å². The van der Waals surface area contributed by atoms with Gasteiger partial charge in [0, 0.05) is 12.6 Å². The zero-order valence-electron chi connectivity index (χ0n) is 10.9. The Bertz CT molecular complexity index is 377. The summed E-state index contributed by atoms with van der Waals surface area (Å²) in [5.41, 5.74) is 1.06. The van der Waals surface area contributed by atoms with Gasteiger partial charge in [-0.25, -0.2) is 0 Å². The van der Waals surface area contributed by atoms with Crippen molar-refractivity contribution in [2.24, 2.45) is 0 Å². The second kappa shape index (κ2) is 6.55. The molecule has 3 heteroatoms. The highest BCUT2D eigenvalue weighted by Gasteiger charge is 2.22. The summed E-state index contributed by atoms with van der Waals surface area (Å²) in [4.78, 5) is 11.9. The highest BCUT2D eigenvalue weighted by molar-refractivity contribution is 5.78. The van der Waals surface area contributed by atoms with Gasteiger partial charge in [-0.1, -0.05) is 37.3 Å². The number of nitrogens with one attached hydrogen (secondary N) is 1. The fraction of sp³-hybridized carbons (Fsp3) is 0.533. The van der Waals surface area contributed by atoms with E-state index in [0.717, 1.165) is 31.4 Å². The van der Waals surface area contributed by atoms with Gasteiger partial charge in [0.2, 0.25) is 5.91 Å². The van der Waals surface area contributed by atoms with E-state index in [1.165, 1.54) is 0 Å². The highest BCUT2D eigenvalue weighted by Crippen LogP contribution is 2.16. The molecule has 0 aromatic heterocycles. The lowest BCUT2D eigenvalue weighted by Crippen LogP contribution is -2.42. The molecule has 2 atom stereocenters. The van der Waals surface area contributed by atoms with Crippen LogP contribution < -0.4 is 5.32 Å². The van der Waals surface area contributed by atoms with Gasteiger partial charge in [0.05, 0.1) is 12.5 Å². The van der Waals surface area contributed by atoms with Gasteiger partial charge in [0.15, 0.2) is 0 Å². The lowest BCUT2D eigenvalue weighted by atomic mass is 10.0. The monoisotopic (exact) mass is 247 g/mol. The normalized spacial score (nSPS) is 23.6. The molecule has 0 aliphatic carbocycles. The van der Waals surface area contributed by atoms with E-state index in [0.29, 0.717) is 12.5 Å². The van der Waals surface area contributed by atoms with Crippen LogP contribution in [0.2, 0.25) is 0 Å². The maximum absolute atomic E-state index is 11.9. The molecule has 18 heavy (non-hydrogen) atoms. The Morgan fingerprint density at radius 1 is 1.39 bits per heavy atom. The highest BCUT2D eigenvalue weighted by atomic mass is 16.5. The summed E-state index contributed by atoms with van der Waals surface area (Å²) in [5, 5.41) is 3.11. The molecule has 1 saturated heterocycles. The van der Waals surface area contributed by atoms with E-state index < -0.39 is 0 Å². The van der Waals surface area contributed by atoms with E-state index in [1.54, 1.807) is 0 Å². The van der Waals surface area contributed by atoms with Crippen LogP contribution in [0.5, 0.6) is 0 Å². The number of amides is 1. The Balaban J connectivity index is 1.80. The van der Waals surface area contributed by atoms with Crippen molar-refractivity contribution >= 4 is 5.91 Å². The van der Waals surface area contributed by atoms with Crippen LogP contribution in [-0.4, -0.2) is 24.7 Å². The largest absolute Gasteiger partial charge is 0.378 e. The van der Waals surface area contributed by atoms with E-state index in [-0.39, 0.29) is 11.9 Å². The van der Waals surface area contributed by atoms with Crippen LogP contribution in [-0.2, 0) is 16.0 Å². The summed E-state index contributed by atoms with van der Waals surface area (Å²) in [5.74, 6) is 0.114. The molecule has 3 nitrogen and oxygen atoms in total. The van der Waals surface area contributed by atoms with Crippen molar-refractivity contribution in [2.75, 3.05) is 6.61 Å². The molecule has 0 spiro atoms. The van der Waals surface area contributed by atoms with Crippen molar-refractivity contribution in [3.63, 3.8) is 0 Å². The fourth-order valence-electron chi connectivity index (χ4n) is 2.36. The van der Waals surface area contributed by atoms with Crippen molar-refractivity contribution < 1.29 is 9.53 Å². The Hall–Kier alpha value is -1.35. The first-order valence-corrected chi connectivity index (χ1v) is 6.73. The lowest BCUT2D eigenvalue weighted by Gasteiger charge is -2.29. The third-order valence-electron chi connectivity index (χ3n) is 3.40. The molecule has 2 rings (SSSR count). The Labute approximate surface area is 109 Å². The second-order valence-electron chi connectivity index (χ2n) is 4.85. The van der Waals surface area contributed by atoms with Crippen LogP contribution in [0.15, 0.2) is 30.3 Å². The molecule has 1 heterocycles. The average Bonchev–Trinajstić information content (AvgIpc) is 2.40. The van der Waals surface area contributed by atoms with Gasteiger partial charge >= 0.3 is 0 Å².